The van der Waals surface area contributed by atoms with Gasteiger partial charge in [-0.1, -0.05) is 18.2 Å². The van der Waals surface area contributed by atoms with Gasteiger partial charge in [-0.15, -0.1) is 0 Å². The molecule has 5 heteroatoms. The third kappa shape index (κ3) is 2.45. The van der Waals surface area contributed by atoms with Crippen LogP contribution in [-0.2, 0) is 14.2 Å². The highest BCUT2D eigenvalue weighted by Gasteiger charge is 2.38. The molecule has 3 aliphatic rings. The second kappa shape index (κ2) is 5.32. The number of carbonyl (C=O) groups excluding carboxylic acids is 1. The van der Waals surface area contributed by atoms with Crippen LogP contribution < -0.4 is 0 Å². The Morgan fingerprint density at radius 2 is 2.35 bits per heavy atom. The number of rotatable bonds is 1. The first-order chi connectivity index (χ1) is 9.65. The van der Waals surface area contributed by atoms with Crippen LogP contribution in [0.4, 0.5) is 4.79 Å². The van der Waals surface area contributed by atoms with Crippen molar-refractivity contribution in [2.45, 2.75) is 38.5 Å². The van der Waals surface area contributed by atoms with E-state index in [1.807, 2.05) is 38.2 Å². The van der Waals surface area contributed by atoms with Gasteiger partial charge in [0.15, 0.2) is 6.79 Å². The molecule has 1 saturated heterocycles. The van der Waals surface area contributed by atoms with Crippen LogP contribution in [0.25, 0.3) is 0 Å². The van der Waals surface area contributed by atoms with E-state index >= 15 is 0 Å². The lowest BCUT2D eigenvalue weighted by molar-refractivity contribution is 0.0345. The molecule has 2 atom stereocenters. The van der Waals surface area contributed by atoms with Gasteiger partial charge in [-0.05, 0) is 25.5 Å². The number of allylic oxidation sites excluding steroid dienone is 2. The lowest BCUT2D eigenvalue weighted by Crippen LogP contribution is -2.45. The van der Waals surface area contributed by atoms with Crippen LogP contribution >= 0.6 is 0 Å². The zero-order chi connectivity index (χ0) is 14.1. The lowest BCUT2D eigenvalue weighted by atomic mass is 9.92. The normalized spacial score (nSPS) is 28.1. The van der Waals surface area contributed by atoms with Crippen molar-refractivity contribution in [3.05, 3.63) is 35.6 Å². The molecule has 0 aromatic heterocycles. The van der Waals surface area contributed by atoms with Crippen LogP contribution in [0, 0.1) is 0 Å². The fraction of sp³-hybridized carbons (Fsp3) is 0.533. The SMILES string of the molecule is CC(C)OC(=O)N1CC=CC=C2C=C3OCOC3CC21. The maximum absolute atomic E-state index is 12.3. The van der Waals surface area contributed by atoms with E-state index < -0.39 is 0 Å². The number of ether oxygens (including phenoxy) is 3. The summed E-state index contributed by atoms with van der Waals surface area (Å²) < 4.78 is 16.3. The molecule has 1 aliphatic carbocycles. The minimum Gasteiger partial charge on any atom is -0.469 e. The van der Waals surface area contributed by atoms with E-state index in [4.69, 9.17) is 14.2 Å². The highest BCUT2D eigenvalue weighted by atomic mass is 16.7. The minimum absolute atomic E-state index is 0.0216. The number of nitrogens with zero attached hydrogens (tertiary/aromatic N) is 1. The fourth-order valence-electron chi connectivity index (χ4n) is 2.70. The summed E-state index contributed by atoms with van der Waals surface area (Å²) in [7, 11) is 0. The lowest BCUT2D eigenvalue weighted by Gasteiger charge is -2.34. The molecule has 0 saturated carbocycles. The second-order valence-electron chi connectivity index (χ2n) is 5.40. The van der Waals surface area contributed by atoms with Crippen molar-refractivity contribution in [3.63, 3.8) is 0 Å². The quantitative estimate of drug-likeness (QED) is 0.738. The van der Waals surface area contributed by atoms with Gasteiger partial charge in [0.1, 0.15) is 11.9 Å². The summed E-state index contributed by atoms with van der Waals surface area (Å²) in [5.74, 6) is 0.861. The summed E-state index contributed by atoms with van der Waals surface area (Å²) in [6, 6.07) is -0.0216. The topological polar surface area (TPSA) is 48.0 Å². The van der Waals surface area contributed by atoms with Crippen LogP contribution in [0.2, 0.25) is 0 Å². The van der Waals surface area contributed by atoms with Gasteiger partial charge in [-0.3, -0.25) is 4.90 Å². The highest BCUT2D eigenvalue weighted by molar-refractivity contribution is 5.70. The minimum atomic E-state index is -0.279. The summed E-state index contributed by atoms with van der Waals surface area (Å²) in [6.45, 7) is 4.56. The number of hydrogen-bond acceptors (Lipinski definition) is 4. The van der Waals surface area contributed by atoms with Crippen LogP contribution in [0.3, 0.4) is 0 Å². The third-order valence-corrected chi connectivity index (χ3v) is 3.62. The van der Waals surface area contributed by atoms with Crippen molar-refractivity contribution in [1.29, 1.82) is 0 Å². The zero-order valence-electron chi connectivity index (χ0n) is 11.7. The standard InChI is InChI=1S/C15H19NO4/c1-10(2)20-15(17)16-6-4-3-5-11-7-13-14(8-12(11)16)19-9-18-13/h3-5,7,10,12,14H,6,8-9H2,1-2H3. The number of carbonyl (C=O) groups is 1. The molecule has 0 spiro atoms. The smallest absolute Gasteiger partial charge is 0.410 e. The van der Waals surface area contributed by atoms with Gasteiger partial charge < -0.3 is 14.2 Å². The molecule has 0 aromatic rings. The van der Waals surface area contributed by atoms with E-state index in [1.165, 1.54) is 0 Å². The van der Waals surface area contributed by atoms with Crippen molar-refractivity contribution in [2.75, 3.05) is 13.3 Å². The summed E-state index contributed by atoms with van der Waals surface area (Å²) in [6.07, 6.45) is 8.20. The predicted octanol–water partition coefficient (Wildman–Crippen LogP) is 2.36. The molecule has 3 rings (SSSR count). The molecule has 0 N–H and O–H groups in total. The Labute approximate surface area is 118 Å². The summed E-state index contributed by atoms with van der Waals surface area (Å²) in [4.78, 5) is 14.0. The highest BCUT2D eigenvalue weighted by Crippen LogP contribution is 2.34. The van der Waals surface area contributed by atoms with E-state index in [9.17, 15) is 4.79 Å². The Morgan fingerprint density at radius 3 is 3.15 bits per heavy atom. The van der Waals surface area contributed by atoms with Crippen molar-refractivity contribution < 1.29 is 19.0 Å². The molecule has 0 aromatic carbocycles. The average Bonchev–Trinajstić information content (AvgIpc) is 2.74. The molecule has 2 unspecified atom stereocenters. The van der Waals surface area contributed by atoms with Gasteiger partial charge in [0, 0.05) is 13.0 Å². The number of amides is 1. The molecule has 2 heterocycles. The van der Waals surface area contributed by atoms with E-state index in [0.29, 0.717) is 19.8 Å². The maximum Gasteiger partial charge on any atom is 0.410 e. The molecule has 2 aliphatic heterocycles. The van der Waals surface area contributed by atoms with Gasteiger partial charge in [-0.25, -0.2) is 4.79 Å². The van der Waals surface area contributed by atoms with Crippen LogP contribution in [0.1, 0.15) is 20.3 Å². The van der Waals surface area contributed by atoms with E-state index in [1.54, 1.807) is 4.90 Å². The molecule has 0 bridgehead atoms. The largest absolute Gasteiger partial charge is 0.469 e. The summed E-state index contributed by atoms with van der Waals surface area (Å²) >= 11 is 0. The Kier molecular flexibility index (Phi) is 3.53. The first-order valence-electron chi connectivity index (χ1n) is 6.95. The van der Waals surface area contributed by atoms with Crippen LogP contribution in [0.5, 0.6) is 0 Å². The van der Waals surface area contributed by atoms with E-state index in [2.05, 4.69) is 0 Å². The van der Waals surface area contributed by atoms with Crippen LogP contribution in [-0.4, -0.2) is 42.6 Å². The Morgan fingerprint density at radius 1 is 1.50 bits per heavy atom. The Bertz CT molecular complexity index is 492. The zero-order valence-corrected chi connectivity index (χ0v) is 11.7. The maximum atomic E-state index is 12.3. The van der Waals surface area contributed by atoms with Crippen molar-refractivity contribution in [1.82, 2.24) is 4.90 Å². The molecule has 108 valence electrons. The van der Waals surface area contributed by atoms with Gasteiger partial charge >= 0.3 is 6.09 Å². The Hall–Kier alpha value is -1.75. The monoisotopic (exact) mass is 277 g/mol. The van der Waals surface area contributed by atoms with Gasteiger partial charge in [-0.2, -0.15) is 0 Å². The number of fused-ring (bicyclic) bond motifs is 2. The molecule has 0 radical (unpaired) electrons. The molecule has 1 amide bonds. The molecule has 20 heavy (non-hydrogen) atoms. The van der Waals surface area contributed by atoms with Gasteiger partial charge in [0.2, 0.25) is 0 Å². The number of hydrogen-bond donors (Lipinski definition) is 0. The van der Waals surface area contributed by atoms with Gasteiger partial charge in [0.05, 0.1) is 12.1 Å². The first kappa shape index (κ1) is 13.2. The molecule has 1 fully saturated rings. The third-order valence-electron chi connectivity index (χ3n) is 3.62. The summed E-state index contributed by atoms with van der Waals surface area (Å²) in [5, 5.41) is 0. The first-order valence-corrected chi connectivity index (χ1v) is 6.95. The van der Waals surface area contributed by atoms with Crippen LogP contribution in [0.15, 0.2) is 35.6 Å². The van der Waals surface area contributed by atoms with Crippen molar-refractivity contribution in [3.8, 4) is 0 Å². The average molecular weight is 277 g/mol. The van der Waals surface area contributed by atoms with Crippen molar-refractivity contribution in [2.24, 2.45) is 0 Å². The van der Waals surface area contributed by atoms with Gasteiger partial charge in [0.25, 0.3) is 0 Å². The van der Waals surface area contributed by atoms with E-state index in [-0.39, 0.29) is 24.3 Å². The summed E-state index contributed by atoms with van der Waals surface area (Å²) in [5.41, 5.74) is 1.07. The molecule has 5 nitrogen and oxygen atoms in total. The van der Waals surface area contributed by atoms with E-state index in [0.717, 1.165) is 11.3 Å². The second-order valence-corrected chi connectivity index (χ2v) is 5.40. The van der Waals surface area contributed by atoms with Crippen molar-refractivity contribution >= 4 is 6.09 Å². The predicted molar refractivity (Wildman–Crippen MR) is 72.9 cm³/mol. The molecular weight excluding hydrogens is 258 g/mol. The Balaban J connectivity index is 1.85. The fourth-order valence-corrected chi connectivity index (χ4v) is 2.70. The molecular formula is C15H19NO4.